The maximum atomic E-state index is 8.56. The Morgan fingerprint density at radius 1 is 1.33 bits per heavy atom. The molecule has 90 valence electrons. The Labute approximate surface area is 106 Å². The topological polar surface area (TPSA) is 68.8 Å². The molecular formula is C14H13N3O. The highest BCUT2D eigenvalue weighted by atomic mass is 16.5. The van der Waals surface area contributed by atoms with Crippen molar-refractivity contribution in [2.45, 2.75) is 6.92 Å². The third kappa shape index (κ3) is 4.42. The predicted molar refractivity (Wildman–Crippen MR) is 69.7 cm³/mol. The minimum absolute atomic E-state index is 0.0256. The fourth-order valence-corrected chi connectivity index (χ4v) is 1.10. The summed E-state index contributed by atoms with van der Waals surface area (Å²) < 4.78 is 5.44. The predicted octanol–water partition coefficient (Wildman–Crippen LogP) is 2.98. The van der Waals surface area contributed by atoms with E-state index in [4.69, 9.17) is 15.3 Å². The van der Waals surface area contributed by atoms with Gasteiger partial charge in [0, 0.05) is 11.9 Å². The number of ether oxygens (including phenoxy) is 1. The van der Waals surface area contributed by atoms with Crippen LogP contribution in [-0.2, 0) is 0 Å². The van der Waals surface area contributed by atoms with E-state index in [0.29, 0.717) is 6.61 Å². The first-order valence-electron chi connectivity index (χ1n) is 5.30. The largest absolute Gasteiger partial charge is 0.489 e. The molecule has 0 aliphatic heterocycles. The van der Waals surface area contributed by atoms with Crippen molar-refractivity contribution >= 4 is 5.69 Å². The third-order valence-corrected chi connectivity index (χ3v) is 1.96. The number of nitrogens with zero attached hydrogens (tertiary/aromatic N) is 2. The Morgan fingerprint density at radius 3 is 2.44 bits per heavy atom. The molecule has 18 heavy (non-hydrogen) atoms. The van der Waals surface area contributed by atoms with Crippen LogP contribution in [0, 0.1) is 22.7 Å². The molecule has 0 fully saturated rings. The van der Waals surface area contributed by atoms with Gasteiger partial charge in [0.05, 0.1) is 0 Å². The molecule has 1 aromatic carbocycles. The van der Waals surface area contributed by atoms with Crippen molar-refractivity contribution in [2.75, 3.05) is 11.9 Å². The van der Waals surface area contributed by atoms with E-state index < -0.39 is 0 Å². The van der Waals surface area contributed by atoms with Gasteiger partial charge in [-0.25, -0.2) is 0 Å². The van der Waals surface area contributed by atoms with E-state index >= 15 is 0 Å². The van der Waals surface area contributed by atoms with Gasteiger partial charge in [-0.05, 0) is 36.8 Å². The number of hydrogen-bond acceptors (Lipinski definition) is 4. The van der Waals surface area contributed by atoms with Crippen LogP contribution >= 0.6 is 0 Å². The average molecular weight is 239 g/mol. The second-order valence-corrected chi connectivity index (χ2v) is 3.70. The molecule has 0 saturated carbocycles. The van der Waals surface area contributed by atoms with E-state index in [-0.39, 0.29) is 5.57 Å². The zero-order chi connectivity index (χ0) is 13.4. The molecule has 0 spiro atoms. The summed E-state index contributed by atoms with van der Waals surface area (Å²) in [6.07, 6.45) is 1.36. The van der Waals surface area contributed by atoms with Gasteiger partial charge in [0.25, 0.3) is 0 Å². The molecule has 0 bridgehead atoms. The van der Waals surface area contributed by atoms with Gasteiger partial charge in [-0.3, -0.25) is 0 Å². The number of allylic oxidation sites excluding steroid dienone is 1. The van der Waals surface area contributed by atoms with Gasteiger partial charge < -0.3 is 10.1 Å². The summed E-state index contributed by atoms with van der Waals surface area (Å²) in [6, 6.07) is 10.7. The van der Waals surface area contributed by atoms with Crippen molar-refractivity contribution in [3.8, 4) is 17.9 Å². The molecule has 0 aromatic heterocycles. The number of nitriles is 2. The van der Waals surface area contributed by atoms with Crippen LogP contribution in [0.3, 0.4) is 0 Å². The highest BCUT2D eigenvalue weighted by Gasteiger charge is 1.95. The molecule has 0 saturated heterocycles. The molecule has 0 atom stereocenters. The summed E-state index contributed by atoms with van der Waals surface area (Å²) in [5.74, 6) is 0.744. The minimum Gasteiger partial charge on any atom is -0.489 e. The van der Waals surface area contributed by atoms with Gasteiger partial charge in [-0.2, -0.15) is 10.5 Å². The monoisotopic (exact) mass is 239 g/mol. The summed E-state index contributed by atoms with van der Waals surface area (Å²) in [7, 11) is 0. The second-order valence-electron chi connectivity index (χ2n) is 3.70. The van der Waals surface area contributed by atoms with Crippen LogP contribution in [0.25, 0.3) is 0 Å². The number of nitrogens with one attached hydrogen (secondary N) is 1. The zero-order valence-electron chi connectivity index (χ0n) is 10.1. The summed E-state index contributed by atoms with van der Waals surface area (Å²) in [6.45, 7) is 6.13. The summed E-state index contributed by atoms with van der Waals surface area (Å²) in [4.78, 5) is 0. The molecule has 0 heterocycles. The molecule has 0 aliphatic carbocycles. The standard InChI is InChI=1S/C14H13N3O/c1-11(2)10-18-14-5-3-13(4-6-14)17-9-12(7-15)8-16/h3-6,9,17H,1,10H2,2H3. The lowest BCUT2D eigenvalue weighted by atomic mass is 10.3. The molecule has 4 heteroatoms. The van der Waals surface area contributed by atoms with Gasteiger partial charge >= 0.3 is 0 Å². The molecule has 1 aromatic rings. The van der Waals surface area contributed by atoms with Crippen LogP contribution in [0.15, 0.2) is 48.2 Å². The van der Waals surface area contributed by atoms with Crippen LogP contribution in [0.5, 0.6) is 5.75 Å². The van der Waals surface area contributed by atoms with Crippen molar-refractivity contribution in [3.05, 3.63) is 48.2 Å². The lowest BCUT2D eigenvalue weighted by Crippen LogP contribution is -1.97. The van der Waals surface area contributed by atoms with Crippen molar-refractivity contribution in [1.82, 2.24) is 0 Å². The normalized spacial score (nSPS) is 8.61. The van der Waals surface area contributed by atoms with Crippen molar-refractivity contribution < 1.29 is 4.74 Å². The summed E-state index contributed by atoms with van der Waals surface area (Å²) >= 11 is 0. The number of rotatable bonds is 5. The number of benzene rings is 1. The highest BCUT2D eigenvalue weighted by Crippen LogP contribution is 2.16. The van der Waals surface area contributed by atoms with Gasteiger partial charge in [-0.1, -0.05) is 6.58 Å². The molecular weight excluding hydrogens is 226 g/mol. The van der Waals surface area contributed by atoms with E-state index in [1.165, 1.54) is 6.20 Å². The van der Waals surface area contributed by atoms with E-state index in [9.17, 15) is 0 Å². The van der Waals surface area contributed by atoms with Crippen LogP contribution in [0.4, 0.5) is 5.69 Å². The Balaban J connectivity index is 2.61. The molecule has 0 radical (unpaired) electrons. The first-order chi connectivity index (χ1) is 8.65. The van der Waals surface area contributed by atoms with Crippen molar-refractivity contribution in [2.24, 2.45) is 0 Å². The molecule has 1 N–H and O–H groups in total. The van der Waals surface area contributed by atoms with Crippen molar-refractivity contribution in [3.63, 3.8) is 0 Å². The van der Waals surface area contributed by atoms with Gasteiger partial charge in [0.1, 0.15) is 30.1 Å². The zero-order valence-corrected chi connectivity index (χ0v) is 10.1. The Kier molecular flexibility index (Phi) is 5.02. The van der Waals surface area contributed by atoms with Crippen LogP contribution < -0.4 is 10.1 Å². The first kappa shape index (κ1) is 13.3. The fourth-order valence-electron chi connectivity index (χ4n) is 1.10. The molecule has 1 rings (SSSR count). The lowest BCUT2D eigenvalue weighted by molar-refractivity contribution is 0.353. The molecule has 0 unspecified atom stereocenters. The Bertz CT molecular complexity index is 514. The second kappa shape index (κ2) is 6.78. The van der Waals surface area contributed by atoms with Crippen LogP contribution in [0.1, 0.15) is 6.92 Å². The van der Waals surface area contributed by atoms with Gasteiger partial charge in [-0.15, -0.1) is 0 Å². The average Bonchev–Trinajstić information content (AvgIpc) is 2.39. The van der Waals surface area contributed by atoms with Crippen LogP contribution in [-0.4, -0.2) is 6.61 Å². The number of anilines is 1. The fraction of sp³-hybridized carbons (Fsp3) is 0.143. The van der Waals surface area contributed by atoms with E-state index in [0.717, 1.165) is 17.0 Å². The lowest BCUT2D eigenvalue weighted by Gasteiger charge is -2.06. The minimum atomic E-state index is 0.0256. The van der Waals surface area contributed by atoms with Gasteiger partial charge in [0.15, 0.2) is 0 Å². The quantitative estimate of drug-likeness (QED) is 0.633. The third-order valence-electron chi connectivity index (χ3n) is 1.96. The maximum absolute atomic E-state index is 8.56. The van der Waals surface area contributed by atoms with Crippen molar-refractivity contribution in [1.29, 1.82) is 10.5 Å². The number of hydrogen-bond donors (Lipinski definition) is 1. The van der Waals surface area contributed by atoms with E-state index in [1.807, 2.05) is 6.92 Å². The molecule has 4 nitrogen and oxygen atoms in total. The summed E-state index contributed by atoms with van der Waals surface area (Å²) in [5, 5.41) is 20.0. The van der Waals surface area contributed by atoms with E-state index in [1.54, 1.807) is 36.4 Å². The summed E-state index contributed by atoms with van der Waals surface area (Å²) in [5.41, 5.74) is 1.76. The van der Waals surface area contributed by atoms with E-state index in [2.05, 4.69) is 11.9 Å². The Morgan fingerprint density at radius 2 is 1.94 bits per heavy atom. The Hall–Kier alpha value is -2.72. The van der Waals surface area contributed by atoms with Gasteiger partial charge in [0.2, 0.25) is 0 Å². The smallest absolute Gasteiger partial charge is 0.145 e. The molecule has 0 amide bonds. The maximum Gasteiger partial charge on any atom is 0.145 e. The highest BCUT2D eigenvalue weighted by molar-refractivity contribution is 5.51. The first-order valence-corrected chi connectivity index (χ1v) is 5.30. The molecule has 0 aliphatic rings. The SMILES string of the molecule is C=C(C)COc1ccc(NC=C(C#N)C#N)cc1. The van der Waals surface area contributed by atoms with Crippen LogP contribution in [0.2, 0.25) is 0 Å².